The Kier molecular flexibility index (Phi) is 13.8. The van der Waals surface area contributed by atoms with Gasteiger partial charge in [-0.25, -0.2) is 15.2 Å². The van der Waals surface area contributed by atoms with Gasteiger partial charge in [-0.1, -0.05) is 33.8 Å². The Hall–Kier alpha value is -5.17. The van der Waals surface area contributed by atoms with Gasteiger partial charge in [-0.2, -0.15) is 0 Å². The lowest BCUT2D eigenvalue weighted by atomic mass is 9.83. The average Bonchev–Trinajstić information content (AvgIpc) is 3.96. The lowest BCUT2D eigenvalue weighted by Gasteiger charge is -2.46. The van der Waals surface area contributed by atoms with Crippen LogP contribution in [0.3, 0.4) is 0 Å². The molecule has 0 spiro atoms. The molecule has 66 heavy (non-hydrogen) atoms. The molecule has 0 unspecified atom stereocenters. The third kappa shape index (κ3) is 9.51. The van der Waals surface area contributed by atoms with Gasteiger partial charge in [-0.3, -0.25) is 29.2 Å². The number of benzene rings is 1. The zero-order valence-electron chi connectivity index (χ0n) is 39.8. The summed E-state index contributed by atoms with van der Waals surface area (Å²) in [5, 5.41) is 11.2. The number of carbonyl (C=O) groups excluding carboxylic acids is 5. The summed E-state index contributed by atoms with van der Waals surface area (Å²) < 4.78 is 14.3. The van der Waals surface area contributed by atoms with Crippen molar-refractivity contribution in [3.05, 3.63) is 45.5 Å². The Labute approximate surface area is 391 Å². The van der Waals surface area contributed by atoms with E-state index in [4.69, 9.17) is 19.5 Å². The predicted molar refractivity (Wildman–Crippen MR) is 253 cm³/mol. The van der Waals surface area contributed by atoms with E-state index in [1.165, 1.54) is 21.2 Å². The van der Waals surface area contributed by atoms with E-state index in [0.717, 1.165) is 64.1 Å². The predicted octanol–water partition coefficient (Wildman–Crippen LogP) is 4.23. The van der Waals surface area contributed by atoms with E-state index < -0.39 is 41.3 Å². The molecule has 5 atom stereocenters. The number of aromatic nitrogens is 2. The Balaban J connectivity index is 1.12. The number of carbonyl (C=O) groups is 5. The summed E-state index contributed by atoms with van der Waals surface area (Å²) in [4.78, 5) is 84.2. The van der Waals surface area contributed by atoms with Crippen LogP contribution in [0.2, 0.25) is 0 Å². The van der Waals surface area contributed by atoms with E-state index in [1.807, 2.05) is 32.4 Å². The number of nitrogens with one attached hydrogen (secondary N) is 3. The Morgan fingerprint density at radius 2 is 1.89 bits per heavy atom. The minimum Gasteiger partial charge on any atom is -0.464 e. The highest BCUT2D eigenvalue weighted by Crippen LogP contribution is 2.42. The SMILES string of the molecule is CCn1c(C2=C([C@H](C)OC)N=CCC2)c2c3cc(ccc31)-c1csc(n1)C[C@H](NC(=O)[C@H](C(C)C)N(C)C(=O)N1CC(N(C)C(=O)[C@H]3CN3)C1)C(=O)N1CCC[C@H](N1)C(=O)OCC(C)(C)C2. The Morgan fingerprint density at radius 1 is 1.14 bits per heavy atom. The number of aryl methyl sites for hydroxylation is 1. The summed E-state index contributed by atoms with van der Waals surface area (Å²) in [6.07, 6.45) is 5.12. The molecule has 3 fully saturated rings. The van der Waals surface area contributed by atoms with Gasteiger partial charge in [-0.15, -0.1) is 11.3 Å². The number of thiazole rings is 1. The Morgan fingerprint density at radius 3 is 2.59 bits per heavy atom. The molecule has 0 saturated carbocycles. The van der Waals surface area contributed by atoms with Crippen LogP contribution in [0.25, 0.3) is 27.7 Å². The summed E-state index contributed by atoms with van der Waals surface area (Å²) in [7, 11) is 5.07. The number of likely N-dealkylation sites (tertiary alicyclic amines) is 1. The van der Waals surface area contributed by atoms with Gasteiger partial charge in [0.25, 0.3) is 5.91 Å². The van der Waals surface area contributed by atoms with Crippen LogP contribution in [0.5, 0.6) is 0 Å². The summed E-state index contributed by atoms with van der Waals surface area (Å²) in [5.41, 5.74) is 9.77. The highest BCUT2D eigenvalue weighted by Gasteiger charge is 2.44. The third-order valence-corrected chi connectivity index (χ3v) is 14.6. The highest BCUT2D eigenvalue weighted by molar-refractivity contribution is 7.10. The van der Waals surface area contributed by atoms with Crippen molar-refractivity contribution >= 4 is 63.7 Å². The van der Waals surface area contributed by atoms with Crippen molar-refractivity contribution in [2.45, 2.75) is 123 Å². The molecule has 5 aliphatic heterocycles. The van der Waals surface area contributed by atoms with Gasteiger partial charge in [0.15, 0.2) is 0 Å². The van der Waals surface area contributed by atoms with Crippen molar-refractivity contribution in [1.82, 2.24) is 45.3 Å². The number of hydrazine groups is 1. The third-order valence-electron chi connectivity index (χ3n) is 13.8. The molecule has 1 aromatic carbocycles. The van der Waals surface area contributed by atoms with Crippen LogP contribution >= 0.6 is 11.3 Å². The molecule has 6 bridgehead atoms. The first-order valence-corrected chi connectivity index (χ1v) is 24.3. The second-order valence-corrected chi connectivity index (χ2v) is 20.5. The molecule has 3 saturated heterocycles. The van der Waals surface area contributed by atoms with Crippen molar-refractivity contribution in [1.29, 1.82) is 0 Å². The largest absolute Gasteiger partial charge is 0.464 e. The lowest BCUT2D eigenvalue weighted by Crippen LogP contribution is -2.66. The second kappa shape index (κ2) is 19.2. The van der Waals surface area contributed by atoms with Gasteiger partial charge < -0.3 is 39.4 Å². The number of allylic oxidation sites excluding steroid dienone is 1. The van der Waals surface area contributed by atoms with E-state index in [1.54, 1.807) is 31.0 Å². The number of fused-ring (bicyclic) bond motifs is 6. The molecule has 356 valence electrons. The zero-order chi connectivity index (χ0) is 47.2. The number of hydrogen-bond donors (Lipinski definition) is 3. The van der Waals surface area contributed by atoms with Crippen molar-refractivity contribution in [3.8, 4) is 11.3 Å². The first-order valence-electron chi connectivity index (χ1n) is 23.4. The van der Waals surface area contributed by atoms with Gasteiger partial charge in [0.2, 0.25) is 11.8 Å². The van der Waals surface area contributed by atoms with Crippen LogP contribution < -0.4 is 16.1 Å². The second-order valence-electron chi connectivity index (χ2n) is 19.6. The summed E-state index contributed by atoms with van der Waals surface area (Å²) in [6.45, 7) is 14.7. The van der Waals surface area contributed by atoms with Crippen molar-refractivity contribution in [3.63, 3.8) is 0 Å². The smallest absolute Gasteiger partial charge is 0.324 e. The normalized spacial score (nSPS) is 23.3. The number of aliphatic imine (C=N–C) groups is 1. The lowest BCUT2D eigenvalue weighted by molar-refractivity contribution is -0.155. The van der Waals surface area contributed by atoms with Gasteiger partial charge in [0, 0.05) is 99.4 Å². The first-order chi connectivity index (χ1) is 31.5. The first kappa shape index (κ1) is 47.3. The fraction of sp³-hybridized carbons (Fsp3) is 0.604. The maximum absolute atomic E-state index is 14.6. The number of methoxy groups -OCH3 is 1. The quantitative estimate of drug-likeness (QED) is 0.196. The highest BCUT2D eigenvalue weighted by atomic mass is 32.1. The number of esters is 1. The van der Waals surface area contributed by atoms with Gasteiger partial charge in [0.05, 0.1) is 46.9 Å². The fourth-order valence-electron chi connectivity index (χ4n) is 9.87. The number of nitrogens with zero attached hydrogens (tertiary/aromatic N) is 7. The van der Waals surface area contributed by atoms with Gasteiger partial charge in [0.1, 0.15) is 18.1 Å². The monoisotopic (exact) mass is 926 g/mol. The van der Waals surface area contributed by atoms with Crippen LogP contribution in [-0.2, 0) is 48.0 Å². The van der Waals surface area contributed by atoms with Crippen molar-refractivity contribution in [2.75, 3.05) is 54.0 Å². The molecule has 5 amide bonds. The summed E-state index contributed by atoms with van der Waals surface area (Å²) in [6, 6.07) is 3.08. The molecular formula is C48H66N10O7S. The average molecular weight is 927 g/mol. The molecule has 0 aliphatic carbocycles. The number of ether oxygens (including phenoxy) is 2. The molecular weight excluding hydrogens is 861 g/mol. The number of rotatable bonds is 10. The molecule has 18 heteroatoms. The number of hydrogen-bond acceptors (Lipinski definition) is 12. The van der Waals surface area contributed by atoms with Gasteiger partial charge in [-0.05, 0) is 69.6 Å². The molecule has 2 aromatic heterocycles. The zero-order valence-corrected chi connectivity index (χ0v) is 40.6. The standard InChI is InChI=1S/C48H66N10O7S/c1-10-57-38-16-15-29-19-32(38)33(42(57)31-13-11-17-49-40(31)28(4)64-9)21-48(5,6)26-65-46(62)34-14-12-18-58(53-34)45(61)35(20-39-51-37(29)25-66-39)52-43(59)41(27(2)3)55(8)47(63)56-23-30(24-56)54(7)44(60)36-22-50-36/h15-17,19,25,27-28,30,34-36,41,50,53H,10-14,18,20-24,26H2,1-9H3,(H,52,59)/t28-,34-,35-,36+,41-/m0/s1. The van der Waals surface area contributed by atoms with Crippen LogP contribution in [0.4, 0.5) is 4.79 Å². The van der Waals surface area contributed by atoms with Crippen molar-refractivity contribution < 1.29 is 33.4 Å². The van der Waals surface area contributed by atoms with Crippen LogP contribution in [0, 0.1) is 11.3 Å². The van der Waals surface area contributed by atoms with E-state index in [2.05, 4.69) is 59.6 Å². The van der Waals surface area contributed by atoms with Crippen LogP contribution in [0.15, 0.2) is 34.3 Å². The molecule has 3 N–H and O–H groups in total. The summed E-state index contributed by atoms with van der Waals surface area (Å²) >= 11 is 1.42. The topological polar surface area (TPSA) is 193 Å². The Bertz CT molecular complexity index is 2430. The van der Waals surface area contributed by atoms with Crippen molar-refractivity contribution in [2.24, 2.45) is 16.3 Å². The fourth-order valence-corrected chi connectivity index (χ4v) is 10.7. The summed E-state index contributed by atoms with van der Waals surface area (Å²) in [5.74, 6) is -1.63. The maximum Gasteiger partial charge on any atom is 0.324 e. The number of urea groups is 1. The van der Waals surface area contributed by atoms with Crippen LogP contribution in [0.1, 0.15) is 83.5 Å². The number of likely N-dealkylation sites (N-methyl/N-ethyl adjacent to an activating group) is 2. The number of amides is 5. The molecule has 8 rings (SSSR count). The van der Waals surface area contributed by atoms with E-state index in [9.17, 15) is 24.0 Å². The maximum atomic E-state index is 14.6. The van der Waals surface area contributed by atoms with Crippen LogP contribution in [-0.4, -0.2) is 156 Å². The molecule has 3 aromatic rings. The molecule has 5 aliphatic rings. The van der Waals surface area contributed by atoms with E-state index >= 15 is 0 Å². The van der Waals surface area contributed by atoms with E-state index in [0.29, 0.717) is 50.4 Å². The minimum atomic E-state index is -1.07. The minimum absolute atomic E-state index is 0.0127. The van der Waals surface area contributed by atoms with E-state index in [-0.39, 0.29) is 49.1 Å². The number of cyclic esters (lactones) is 1. The molecule has 17 nitrogen and oxygen atoms in total. The molecule has 7 heterocycles. The molecule has 0 radical (unpaired) electrons. The van der Waals surface area contributed by atoms with Gasteiger partial charge >= 0.3 is 12.0 Å².